The summed E-state index contributed by atoms with van der Waals surface area (Å²) in [6, 6.07) is 2.02. The first-order valence-corrected chi connectivity index (χ1v) is 5.52. The van der Waals surface area contributed by atoms with E-state index in [-0.39, 0.29) is 6.54 Å². The van der Waals surface area contributed by atoms with E-state index in [1.54, 1.807) is 17.2 Å². The molecule has 0 bridgehead atoms. The monoisotopic (exact) mass is 244 g/mol. The standard InChI is InChI=1S/C12H12N4O2/c13-5-3-7-16-8-10(17)12(18)15-11(16)9-4-1-2-6-14-9/h1-2,4,6,14H,3,7-8H2,(H,15,18). The summed E-state index contributed by atoms with van der Waals surface area (Å²) >= 11 is 0. The van der Waals surface area contributed by atoms with Gasteiger partial charge in [0.25, 0.3) is 5.91 Å². The van der Waals surface area contributed by atoms with E-state index in [1.165, 1.54) is 0 Å². The maximum Gasteiger partial charge on any atom is 0.294 e. The molecule has 18 heavy (non-hydrogen) atoms. The van der Waals surface area contributed by atoms with Gasteiger partial charge in [0, 0.05) is 12.7 Å². The van der Waals surface area contributed by atoms with E-state index in [4.69, 9.17) is 5.26 Å². The predicted molar refractivity (Wildman–Crippen MR) is 63.4 cm³/mol. The molecule has 0 saturated carbocycles. The summed E-state index contributed by atoms with van der Waals surface area (Å²) in [6.07, 6.45) is 7.46. The van der Waals surface area contributed by atoms with Gasteiger partial charge in [-0.3, -0.25) is 9.59 Å². The Morgan fingerprint density at radius 2 is 2.22 bits per heavy atom. The highest BCUT2D eigenvalue weighted by Gasteiger charge is 2.29. The van der Waals surface area contributed by atoms with Crippen LogP contribution in [-0.2, 0) is 9.59 Å². The third-order valence-electron chi connectivity index (χ3n) is 2.59. The molecule has 0 aromatic heterocycles. The van der Waals surface area contributed by atoms with Gasteiger partial charge in [0.2, 0.25) is 5.78 Å². The summed E-state index contributed by atoms with van der Waals surface area (Å²) < 4.78 is 0. The number of Topliss-reactive ketones (excluding diaryl/α,β-unsaturated/α-hetero) is 1. The lowest BCUT2D eigenvalue weighted by Gasteiger charge is -2.31. The van der Waals surface area contributed by atoms with Crippen molar-refractivity contribution in [3.63, 3.8) is 0 Å². The molecule has 0 aliphatic carbocycles. The Balaban J connectivity index is 2.26. The number of nitrogens with zero attached hydrogens (tertiary/aromatic N) is 2. The fourth-order valence-electron chi connectivity index (χ4n) is 1.73. The molecule has 2 rings (SSSR count). The molecule has 92 valence electrons. The SMILES string of the molecule is N#CCCN1CC(=O)C(=O)NC1=C1C=CC=CN1. The first kappa shape index (κ1) is 11.9. The van der Waals surface area contributed by atoms with Crippen LogP contribution in [0.4, 0.5) is 0 Å². The Hall–Kier alpha value is -2.55. The van der Waals surface area contributed by atoms with Gasteiger partial charge in [0.15, 0.2) is 0 Å². The summed E-state index contributed by atoms with van der Waals surface area (Å²) in [4.78, 5) is 24.5. The molecule has 6 heteroatoms. The molecule has 0 radical (unpaired) electrons. The number of allylic oxidation sites excluding steroid dienone is 3. The molecular weight excluding hydrogens is 232 g/mol. The summed E-state index contributed by atoms with van der Waals surface area (Å²) in [5.41, 5.74) is 0.705. The van der Waals surface area contributed by atoms with Crippen LogP contribution < -0.4 is 10.6 Å². The normalized spacial score (nSPS) is 22.5. The van der Waals surface area contributed by atoms with Crippen LogP contribution in [-0.4, -0.2) is 29.7 Å². The second-order valence-electron chi connectivity index (χ2n) is 3.83. The molecule has 1 saturated heterocycles. The van der Waals surface area contributed by atoms with Crippen LogP contribution in [0.25, 0.3) is 0 Å². The first-order chi connectivity index (χ1) is 8.72. The molecule has 2 aliphatic heterocycles. The molecule has 0 atom stereocenters. The molecule has 2 aliphatic rings. The van der Waals surface area contributed by atoms with Gasteiger partial charge in [-0.2, -0.15) is 5.26 Å². The number of rotatable bonds is 2. The van der Waals surface area contributed by atoms with Crippen LogP contribution in [0.3, 0.4) is 0 Å². The highest BCUT2D eigenvalue weighted by molar-refractivity contribution is 6.38. The number of carbonyl (C=O) groups excluding carboxylic acids is 2. The molecule has 2 N–H and O–H groups in total. The van der Waals surface area contributed by atoms with Crippen molar-refractivity contribution in [3.8, 4) is 6.07 Å². The van der Waals surface area contributed by atoms with E-state index in [0.717, 1.165) is 0 Å². The van der Waals surface area contributed by atoms with Crippen LogP contribution in [0.5, 0.6) is 0 Å². The van der Waals surface area contributed by atoms with E-state index in [1.807, 2.05) is 18.2 Å². The average molecular weight is 244 g/mol. The molecule has 1 amide bonds. The molecule has 2 heterocycles. The van der Waals surface area contributed by atoms with Crippen molar-refractivity contribution in [1.82, 2.24) is 15.5 Å². The zero-order valence-corrected chi connectivity index (χ0v) is 9.64. The van der Waals surface area contributed by atoms with E-state index >= 15 is 0 Å². The molecule has 0 aromatic carbocycles. The van der Waals surface area contributed by atoms with E-state index < -0.39 is 11.7 Å². The van der Waals surface area contributed by atoms with Crippen molar-refractivity contribution in [2.75, 3.05) is 13.1 Å². The number of nitriles is 1. The lowest BCUT2D eigenvalue weighted by molar-refractivity contribution is -0.140. The second-order valence-corrected chi connectivity index (χ2v) is 3.83. The Kier molecular flexibility index (Phi) is 3.44. The van der Waals surface area contributed by atoms with Crippen LogP contribution in [0, 0.1) is 11.3 Å². The van der Waals surface area contributed by atoms with Crippen molar-refractivity contribution < 1.29 is 9.59 Å². The molecule has 0 spiro atoms. The van der Waals surface area contributed by atoms with E-state index in [0.29, 0.717) is 24.5 Å². The quantitative estimate of drug-likeness (QED) is 0.654. The number of carbonyl (C=O) groups is 2. The van der Waals surface area contributed by atoms with Crippen molar-refractivity contribution in [3.05, 3.63) is 35.9 Å². The molecular formula is C12H12N4O2. The third-order valence-corrected chi connectivity index (χ3v) is 2.59. The van der Waals surface area contributed by atoms with Gasteiger partial charge in [-0.15, -0.1) is 0 Å². The van der Waals surface area contributed by atoms with Crippen molar-refractivity contribution in [2.24, 2.45) is 0 Å². The number of hydrogen-bond donors (Lipinski definition) is 2. The number of hydrogen-bond acceptors (Lipinski definition) is 5. The molecule has 6 nitrogen and oxygen atoms in total. The van der Waals surface area contributed by atoms with Gasteiger partial charge in [0.1, 0.15) is 5.82 Å². The Morgan fingerprint density at radius 3 is 2.89 bits per heavy atom. The van der Waals surface area contributed by atoms with Crippen LogP contribution in [0.2, 0.25) is 0 Å². The topological polar surface area (TPSA) is 85.2 Å². The van der Waals surface area contributed by atoms with Crippen LogP contribution >= 0.6 is 0 Å². The lowest BCUT2D eigenvalue weighted by atomic mass is 10.2. The zero-order chi connectivity index (χ0) is 13.0. The molecule has 0 unspecified atom stereocenters. The van der Waals surface area contributed by atoms with Gasteiger partial charge in [-0.1, -0.05) is 6.08 Å². The van der Waals surface area contributed by atoms with Gasteiger partial charge in [-0.25, -0.2) is 0 Å². The second kappa shape index (κ2) is 5.19. The summed E-state index contributed by atoms with van der Waals surface area (Å²) in [6.45, 7) is 0.409. The summed E-state index contributed by atoms with van der Waals surface area (Å²) in [5, 5.41) is 14.2. The van der Waals surface area contributed by atoms with Gasteiger partial charge >= 0.3 is 0 Å². The highest BCUT2D eigenvalue weighted by Crippen LogP contribution is 2.13. The zero-order valence-electron chi connectivity index (χ0n) is 9.64. The Morgan fingerprint density at radius 1 is 1.39 bits per heavy atom. The third kappa shape index (κ3) is 2.40. The lowest BCUT2D eigenvalue weighted by Crippen LogP contribution is -2.50. The van der Waals surface area contributed by atoms with Crippen molar-refractivity contribution in [1.29, 1.82) is 5.26 Å². The van der Waals surface area contributed by atoms with E-state index in [9.17, 15) is 9.59 Å². The fraction of sp³-hybridized carbons (Fsp3) is 0.250. The molecule has 1 fully saturated rings. The molecule has 0 aromatic rings. The Bertz CT molecular complexity index is 511. The Labute approximate surface area is 104 Å². The average Bonchev–Trinajstić information content (AvgIpc) is 2.40. The highest BCUT2D eigenvalue weighted by atomic mass is 16.2. The number of dihydropyridines is 1. The number of amides is 1. The fourth-order valence-corrected chi connectivity index (χ4v) is 1.73. The van der Waals surface area contributed by atoms with Crippen LogP contribution in [0.15, 0.2) is 35.9 Å². The maximum atomic E-state index is 11.4. The first-order valence-electron chi connectivity index (χ1n) is 5.52. The number of ketones is 1. The minimum absolute atomic E-state index is 0.00554. The van der Waals surface area contributed by atoms with Crippen molar-refractivity contribution in [2.45, 2.75) is 6.42 Å². The summed E-state index contributed by atoms with van der Waals surface area (Å²) in [7, 11) is 0. The van der Waals surface area contributed by atoms with Gasteiger partial charge < -0.3 is 15.5 Å². The summed E-state index contributed by atoms with van der Waals surface area (Å²) in [5.74, 6) is -0.571. The smallest absolute Gasteiger partial charge is 0.294 e. The maximum absolute atomic E-state index is 11.4. The van der Waals surface area contributed by atoms with Gasteiger partial charge in [0.05, 0.1) is 24.7 Å². The number of nitrogens with one attached hydrogen (secondary N) is 2. The predicted octanol–water partition coefficient (Wildman–Crippen LogP) is -0.257. The van der Waals surface area contributed by atoms with E-state index in [2.05, 4.69) is 10.6 Å². The van der Waals surface area contributed by atoms with Crippen molar-refractivity contribution >= 4 is 11.7 Å². The van der Waals surface area contributed by atoms with Crippen LogP contribution in [0.1, 0.15) is 6.42 Å². The largest absolute Gasteiger partial charge is 0.359 e. The minimum Gasteiger partial charge on any atom is -0.359 e. The minimum atomic E-state index is -0.615. The van der Waals surface area contributed by atoms with Gasteiger partial charge in [-0.05, 0) is 12.2 Å².